The van der Waals surface area contributed by atoms with Crippen molar-refractivity contribution in [3.05, 3.63) is 47.7 Å². The topological polar surface area (TPSA) is 60.6 Å². The molecule has 4 rings (SSSR count). The van der Waals surface area contributed by atoms with Gasteiger partial charge in [0.15, 0.2) is 11.6 Å². The molecule has 1 saturated heterocycles. The maximum absolute atomic E-state index is 13.8. The highest BCUT2D eigenvalue weighted by atomic mass is 19.1. The lowest BCUT2D eigenvalue weighted by Crippen LogP contribution is -2.39. The van der Waals surface area contributed by atoms with Gasteiger partial charge in [-0.2, -0.15) is 0 Å². The Morgan fingerprint density at radius 2 is 1.70 bits per heavy atom. The van der Waals surface area contributed by atoms with Crippen LogP contribution in [0, 0.1) is 11.6 Å². The van der Waals surface area contributed by atoms with Crippen molar-refractivity contribution < 1.29 is 18.3 Å². The van der Waals surface area contributed by atoms with Gasteiger partial charge in [0.05, 0.1) is 0 Å². The molecule has 120 valence electrons. The van der Waals surface area contributed by atoms with Crippen LogP contribution < -0.4 is 15.2 Å². The average molecular weight is 319 g/mol. The number of anilines is 1. The smallest absolute Gasteiger partial charge is 0.200 e. The van der Waals surface area contributed by atoms with Gasteiger partial charge in [-0.15, -0.1) is 0 Å². The number of fused-ring (bicyclic) bond motifs is 2. The number of pyridine rings is 1. The van der Waals surface area contributed by atoms with Gasteiger partial charge < -0.3 is 15.2 Å². The molecule has 3 heterocycles. The van der Waals surface area contributed by atoms with Crippen molar-refractivity contribution in [2.24, 2.45) is 0 Å². The van der Waals surface area contributed by atoms with Crippen molar-refractivity contribution in [3.63, 3.8) is 0 Å². The lowest BCUT2D eigenvalue weighted by atomic mass is 10.2. The highest BCUT2D eigenvalue weighted by Gasteiger charge is 2.41. The summed E-state index contributed by atoms with van der Waals surface area (Å²) in [5.74, 6) is -1.04. The molecule has 7 heteroatoms. The van der Waals surface area contributed by atoms with E-state index in [0.717, 1.165) is 17.7 Å². The van der Waals surface area contributed by atoms with E-state index in [1.807, 2.05) is 6.07 Å². The first kappa shape index (κ1) is 14.2. The quantitative estimate of drug-likeness (QED) is 0.917. The fraction of sp³-hybridized carbons (Fsp3) is 0.312. The summed E-state index contributed by atoms with van der Waals surface area (Å²) in [7, 11) is 0. The van der Waals surface area contributed by atoms with Crippen molar-refractivity contribution in [2.75, 3.05) is 18.8 Å². The molecule has 0 unspecified atom stereocenters. The standard InChI is InChI=1S/C16H15F2N3O2/c17-10-1-2-11(18)16-15(10)22-12-7-21(8-13(12)23-16)6-9-3-4-20-14(19)5-9/h1-5,12-13H,6-8H2,(H2,19,20)/t12-,13+. The molecule has 2 aromatic rings. The lowest BCUT2D eigenvalue weighted by molar-refractivity contribution is 0.0467. The summed E-state index contributed by atoms with van der Waals surface area (Å²) in [6.07, 6.45) is 1.01. The van der Waals surface area contributed by atoms with Gasteiger partial charge in [-0.25, -0.2) is 13.8 Å². The van der Waals surface area contributed by atoms with Crippen LogP contribution in [-0.2, 0) is 6.54 Å². The molecule has 0 aliphatic carbocycles. The molecule has 2 atom stereocenters. The first-order chi connectivity index (χ1) is 11.1. The van der Waals surface area contributed by atoms with E-state index in [2.05, 4.69) is 9.88 Å². The Balaban J connectivity index is 1.51. The third kappa shape index (κ3) is 2.57. The van der Waals surface area contributed by atoms with E-state index in [9.17, 15) is 8.78 Å². The number of nitrogens with zero attached hydrogens (tertiary/aromatic N) is 2. The minimum atomic E-state index is -0.611. The van der Waals surface area contributed by atoms with E-state index in [0.29, 0.717) is 25.5 Å². The molecule has 0 amide bonds. The van der Waals surface area contributed by atoms with Crippen LogP contribution in [0.4, 0.5) is 14.6 Å². The van der Waals surface area contributed by atoms with Crippen molar-refractivity contribution >= 4 is 5.82 Å². The zero-order valence-electron chi connectivity index (χ0n) is 12.2. The van der Waals surface area contributed by atoms with E-state index in [1.165, 1.54) is 0 Å². The highest BCUT2D eigenvalue weighted by Crippen LogP contribution is 2.40. The Bertz CT molecular complexity index is 717. The Morgan fingerprint density at radius 1 is 1.09 bits per heavy atom. The maximum Gasteiger partial charge on any atom is 0.200 e. The zero-order chi connectivity index (χ0) is 16.0. The van der Waals surface area contributed by atoms with E-state index < -0.39 is 11.6 Å². The Kier molecular flexibility index (Phi) is 3.30. The Morgan fingerprint density at radius 3 is 2.26 bits per heavy atom. The number of nitrogens with two attached hydrogens (primary N) is 1. The molecular formula is C16H15F2N3O2. The molecule has 5 nitrogen and oxygen atoms in total. The number of likely N-dealkylation sites (tertiary alicyclic amines) is 1. The molecular weight excluding hydrogens is 304 g/mol. The van der Waals surface area contributed by atoms with Crippen molar-refractivity contribution in [3.8, 4) is 11.5 Å². The number of aromatic nitrogens is 1. The molecule has 1 fully saturated rings. The third-order valence-corrected chi connectivity index (χ3v) is 4.10. The first-order valence-corrected chi connectivity index (χ1v) is 7.34. The number of rotatable bonds is 2. The summed E-state index contributed by atoms with van der Waals surface area (Å²) >= 11 is 0. The molecule has 23 heavy (non-hydrogen) atoms. The average Bonchev–Trinajstić information content (AvgIpc) is 2.91. The number of benzene rings is 1. The third-order valence-electron chi connectivity index (χ3n) is 4.10. The number of halogens is 2. The molecule has 2 N–H and O–H groups in total. The summed E-state index contributed by atoms with van der Waals surface area (Å²) in [5.41, 5.74) is 6.70. The van der Waals surface area contributed by atoms with Gasteiger partial charge in [0, 0.05) is 25.8 Å². The van der Waals surface area contributed by atoms with Crippen molar-refractivity contribution in [1.29, 1.82) is 0 Å². The van der Waals surface area contributed by atoms with Crippen LogP contribution in [0.2, 0.25) is 0 Å². The van der Waals surface area contributed by atoms with Crippen LogP contribution in [0.3, 0.4) is 0 Å². The van der Waals surface area contributed by atoms with Crippen LogP contribution in [0.25, 0.3) is 0 Å². The fourth-order valence-electron chi connectivity index (χ4n) is 3.06. The van der Waals surface area contributed by atoms with Crippen LogP contribution in [-0.4, -0.2) is 35.2 Å². The normalized spacial score (nSPS) is 22.9. The molecule has 1 aromatic carbocycles. The molecule has 0 saturated carbocycles. The van der Waals surface area contributed by atoms with Crippen molar-refractivity contribution in [2.45, 2.75) is 18.8 Å². The van der Waals surface area contributed by atoms with Gasteiger partial charge in [-0.3, -0.25) is 4.90 Å². The summed E-state index contributed by atoms with van der Waals surface area (Å²) < 4.78 is 38.9. The van der Waals surface area contributed by atoms with Gasteiger partial charge in [0.25, 0.3) is 0 Å². The second kappa shape index (κ2) is 5.34. The van der Waals surface area contributed by atoms with Gasteiger partial charge in [0.2, 0.25) is 11.5 Å². The molecule has 0 radical (unpaired) electrons. The molecule has 0 bridgehead atoms. The zero-order valence-corrected chi connectivity index (χ0v) is 12.2. The maximum atomic E-state index is 13.8. The van der Waals surface area contributed by atoms with Gasteiger partial charge >= 0.3 is 0 Å². The van der Waals surface area contributed by atoms with Gasteiger partial charge in [-0.1, -0.05) is 0 Å². The minimum absolute atomic E-state index is 0.138. The SMILES string of the molecule is Nc1cc(CN2C[C@@H]3Oc4c(F)ccc(F)c4O[C@@H]3C2)ccn1. The monoisotopic (exact) mass is 319 g/mol. The lowest BCUT2D eigenvalue weighted by Gasteiger charge is -2.28. The summed E-state index contributed by atoms with van der Waals surface area (Å²) in [6.45, 7) is 1.79. The van der Waals surface area contributed by atoms with Gasteiger partial charge in [0.1, 0.15) is 18.0 Å². The second-order valence-corrected chi connectivity index (χ2v) is 5.78. The molecule has 2 aliphatic rings. The molecule has 1 aromatic heterocycles. The summed E-state index contributed by atoms with van der Waals surface area (Å²) in [4.78, 5) is 6.06. The van der Waals surface area contributed by atoms with Crippen molar-refractivity contribution in [1.82, 2.24) is 9.88 Å². The predicted octanol–water partition coefficient (Wildman–Crippen LogP) is 1.97. The molecule has 0 spiro atoms. The van der Waals surface area contributed by atoms with Crippen LogP contribution in [0.15, 0.2) is 30.5 Å². The molecule has 2 aliphatic heterocycles. The first-order valence-electron chi connectivity index (χ1n) is 7.34. The Labute approximate surface area is 131 Å². The van der Waals surface area contributed by atoms with E-state index in [4.69, 9.17) is 15.2 Å². The summed E-state index contributed by atoms with van der Waals surface area (Å²) in [5, 5.41) is 0. The summed E-state index contributed by atoms with van der Waals surface area (Å²) in [6, 6.07) is 5.78. The number of nitrogen functional groups attached to an aromatic ring is 1. The van der Waals surface area contributed by atoms with Gasteiger partial charge in [-0.05, 0) is 29.8 Å². The number of hydrogen-bond donors (Lipinski definition) is 1. The predicted molar refractivity (Wildman–Crippen MR) is 79.1 cm³/mol. The van der Waals surface area contributed by atoms with E-state index >= 15 is 0 Å². The van der Waals surface area contributed by atoms with E-state index in [-0.39, 0.29) is 23.7 Å². The van der Waals surface area contributed by atoms with Crippen LogP contribution in [0.1, 0.15) is 5.56 Å². The second-order valence-electron chi connectivity index (χ2n) is 5.78. The Hall–Kier alpha value is -2.41. The number of hydrogen-bond acceptors (Lipinski definition) is 5. The highest BCUT2D eigenvalue weighted by molar-refractivity contribution is 5.44. The van der Waals surface area contributed by atoms with Crippen LogP contribution >= 0.6 is 0 Å². The minimum Gasteiger partial charge on any atom is -0.478 e. The van der Waals surface area contributed by atoms with Crippen LogP contribution in [0.5, 0.6) is 11.5 Å². The fourth-order valence-corrected chi connectivity index (χ4v) is 3.06. The van der Waals surface area contributed by atoms with E-state index in [1.54, 1.807) is 12.3 Å². The number of ether oxygens (including phenoxy) is 2. The largest absolute Gasteiger partial charge is 0.478 e.